The van der Waals surface area contributed by atoms with Gasteiger partial charge in [0.15, 0.2) is 17.3 Å². The number of nitrogens with one attached hydrogen (secondary N) is 1. The summed E-state index contributed by atoms with van der Waals surface area (Å²) in [7, 11) is 3.33. The number of hydrogen-bond acceptors (Lipinski definition) is 5. The van der Waals surface area contributed by atoms with E-state index in [1.165, 1.54) is 7.11 Å². The van der Waals surface area contributed by atoms with Gasteiger partial charge in [0.05, 0.1) is 11.6 Å². The Labute approximate surface area is 126 Å². The van der Waals surface area contributed by atoms with Gasteiger partial charge in [-0.05, 0) is 34.5 Å². The second-order valence-electron chi connectivity index (χ2n) is 4.18. The van der Waals surface area contributed by atoms with E-state index in [9.17, 15) is 5.11 Å². The first-order chi connectivity index (χ1) is 9.58. The Morgan fingerprint density at radius 3 is 2.65 bits per heavy atom. The van der Waals surface area contributed by atoms with Crippen molar-refractivity contribution in [3.8, 4) is 22.9 Å². The van der Waals surface area contributed by atoms with E-state index in [0.29, 0.717) is 16.0 Å². The molecule has 106 valence electrons. The highest BCUT2D eigenvalue weighted by molar-refractivity contribution is 9.10. The van der Waals surface area contributed by atoms with Crippen LogP contribution in [0.1, 0.15) is 12.6 Å². The van der Waals surface area contributed by atoms with Gasteiger partial charge in [-0.25, -0.2) is 9.97 Å². The van der Waals surface area contributed by atoms with E-state index in [-0.39, 0.29) is 5.75 Å². The summed E-state index contributed by atoms with van der Waals surface area (Å²) in [5, 5.41) is 12.9. The predicted molar refractivity (Wildman–Crippen MR) is 82.3 cm³/mol. The van der Waals surface area contributed by atoms with Gasteiger partial charge in [0, 0.05) is 24.4 Å². The van der Waals surface area contributed by atoms with Gasteiger partial charge in [0.2, 0.25) is 0 Å². The molecule has 0 aliphatic heterocycles. The molecule has 1 aromatic heterocycles. The summed E-state index contributed by atoms with van der Waals surface area (Å²) >= 11 is 3.30. The largest absolute Gasteiger partial charge is 0.503 e. The van der Waals surface area contributed by atoms with Crippen LogP contribution in [0.25, 0.3) is 11.4 Å². The monoisotopic (exact) mass is 337 g/mol. The van der Waals surface area contributed by atoms with Crippen LogP contribution >= 0.6 is 15.9 Å². The zero-order valence-electron chi connectivity index (χ0n) is 11.6. The first-order valence-corrected chi connectivity index (χ1v) is 7.01. The average Bonchev–Trinajstić information content (AvgIpc) is 2.49. The lowest BCUT2D eigenvalue weighted by Crippen LogP contribution is -2.00. The molecule has 20 heavy (non-hydrogen) atoms. The van der Waals surface area contributed by atoms with Crippen molar-refractivity contribution in [2.75, 3.05) is 19.5 Å². The van der Waals surface area contributed by atoms with E-state index in [2.05, 4.69) is 31.2 Å². The summed E-state index contributed by atoms with van der Waals surface area (Å²) in [5.74, 6) is 1.80. The molecule has 1 heterocycles. The number of hydrogen-bond donors (Lipinski definition) is 2. The van der Waals surface area contributed by atoms with Crippen molar-refractivity contribution in [2.24, 2.45) is 0 Å². The van der Waals surface area contributed by atoms with Crippen LogP contribution in [0, 0.1) is 0 Å². The lowest BCUT2D eigenvalue weighted by molar-refractivity contribution is 0.372. The third-order valence-electron chi connectivity index (χ3n) is 2.90. The predicted octanol–water partition coefficient (Wildman–Crippen LogP) is 3.22. The van der Waals surface area contributed by atoms with Gasteiger partial charge in [-0.2, -0.15) is 0 Å². The summed E-state index contributed by atoms with van der Waals surface area (Å²) < 4.78 is 5.69. The van der Waals surface area contributed by atoms with Crippen LogP contribution in [0.15, 0.2) is 22.7 Å². The van der Waals surface area contributed by atoms with Gasteiger partial charge in [-0.3, -0.25) is 0 Å². The summed E-state index contributed by atoms with van der Waals surface area (Å²) in [5.41, 5.74) is 1.72. The molecule has 0 fully saturated rings. The molecule has 0 unspecified atom stereocenters. The van der Waals surface area contributed by atoms with Crippen molar-refractivity contribution in [1.82, 2.24) is 9.97 Å². The smallest absolute Gasteiger partial charge is 0.172 e. The highest BCUT2D eigenvalue weighted by Crippen LogP contribution is 2.37. The van der Waals surface area contributed by atoms with Gasteiger partial charge in [-0.15, -0.1) is 0 Å². The maximum atomic E-state index is 9.85. The van der Waals surface area contributed by atoms with E-state index in [4.69, 9.17) is 4.74 Å². The molecule has 0 bridgehead atoms. The number of ether oxygens (including phenoxy) is 1. The molecule has 0 saturated heterocycles. The minimum atomic E-state index is 0.0664. The average molecular weight is 338 g/mol. The van der Waals surface area contributed by atoms with E-state index in [1.54, 1.807) is 12.1 Å². The van der Waals surface area contributed by atoms with Crippen molar-refractivity contribution < 1.29 is 9.84 Å². The number of benzene rings is 1. The van der Waals surface area contributed by atoms with Crippen molar-refractivity contribution in [3.05, 3.63) is 28.4 Å². The fourth-order valence-electron chi connectivity index (χ4n) is 1.79. The lowest BCUT2D eigenvalue weighted by Gasteiger charge is -2.10. The molecular formula is C14H16BrN3O2. The van der Waals surface area contributed by atoms with E-state index < -0.39 is 0 Å². The molecule has 0 atom stereocenters. The van der Waals surface area contributed by atoms with Gasteiger partial charge < -0.3 is 15.2 Å². The summed E-state index contributed by atoms with van der Waals surface area (Å²) in [6.45, 7) is 2.04. The molecule has 0 saturated carbocycles. The molecule has 0 radical (unpaired) electrons. The van der Waals surface area contributed by atoms with Gasteiger partial charge >= 0.3 is 0 Å². The summed E-state index contributed by atoms with van der Waals surface area (Å²) in [6, 6.07) is 5.40. The van der Waals surface area contributed by atoms with Crippen LogP contribution in [0.4, 0.5) is 5.82 Å². The Kier molecular flexibility index (Phi) is 4.44. The highest BCUT2D eigenvalue weighted by atomic mass is 79.9. The number of nitrogens with zero attached hydrogens (tertiary/aromatic N) is 2. The third kappa shape index (κ3) is 2.85. The molecule has 2 rings (SSSR count). The molecular weight excluding hydrogens is 322 g/mol. The molecule has 5 nitrogen and oxygen atoms in total. The number of aromatic hydroxyl groups is 1. The van der Waals surface area contributed by atoms with Crippen molar-refractivity contribution in [1.29, 1.82) is 0 Å². The zero-order valence-corrected chi connectivity index (χ0v) is 13.2. The standard InChI is InChI=1S/C14H16BrN3O2/c1-4-9-7-12(16-2)18-14(17-9)8-5-10(15)13(19)11(6-8)20-3/h5-7,19H,4H2,1-3H3,(H,16,17,18). The Morgan fingerprint density at radius 1 is 1.30 bits per heavy atom. The minimum absolute atomic E-state index is 0.0664. The fourth-order valence-corrected chi connectivity index (χ4v) is 2.24. The molecule has 2 N–H and O–H groups in total. The van der Waals surface area contributed by atoms with Crippen molar-refractivity contribution >= 4 is 21.7 Å². The molecule has 6 heteroatoms. The Hall–Kier alpha value is -1.82. The molecule has 0 aliphatic carbocycles. The Bertz CT molecular complexity index is 610. The van der Waals surface area contributed by atoms with Gasteiger partial charge in [-0.1, -0.05) is 6.92 Å². The van der Waals surface area contributed by atoms with E-state index in [1.807, 2.05) is 20.0 Å². The molecule has 0 aliphatic rings. The maximum absolute atomic E-state index is 9.85. The van der Waals surface area contributed by atoms with Gasteiger partial charge in [0.1, 0.15) is 5.82 Å². The summed E-state index contributed by atoms with van der Waals surface area (Å²) in [4.78, 5) is 8.94. The zero-order chi connectivity index (χ0) is 14.7. The van der Waals surface area contributed by atoms with Crippen LogP contribution in [0.5, 0.6) is 11.5 Å². The minimum Gasteiger partial charge on any atom is -0.503 e. The first kappa shape index (κ1) is 14.6. The molecule has 0 amide bonds. The van der Waals surface area contributed by atoms with E-state index >= 15 is 0 Å². The molecule has 0 spiro atoms. The van der Waals surface area contributed by atoms with Crippen LogP contribution in [0.3, 0.4) is 0 Å². The number of methoxy groups -OCH3 is 1. The Morgan fingerprint density at radius 2 is 2.05 bits per heavy atom. The van der Waals surface area contributed by atoms with Crippen LogP contribution < -0.4 is 10.1 Å². The number of aryl methyl sites for hydroxylation is 1. The second-order valence-corrected chi connectivity index (χ2v) is 5.03. The van der Waals surface area contributed by atoms with Crippen LogP contribution in [0.2, 0.25) is 0 Å². The number of halogens is 1. The number of phenolic OH excluding ortho intramolecular Hbond substituents is 1. The quantitative estimate of drug-likeness (QED) is 0.896. The lowest BCUT2D eigenvalue weighted by atomic mass is 10.1. The number of rotatable bonds is 4. The van der Waals surface area contributed by atoms with Crippen molar-refractivity contribution in [3.63, 3.8) is 0 Å². The topological polar surface area (TPSA) is 67.3 Å². The third-order valence-corrected chi connectivity index (χ3v) is 3.51. The normalized spacial score (nSPS) is 10.4. The first-order valence-electron chi connectivity index (χ1n) is 6.21. The highest BCUT2D eigenvalue weighted by Gasteiger charge is 2.12. The SMILES string of the molecule is CCc1cc(NC)nc(-c2cc(Br)c(O)c(OC)c2)n1. The number of phenols is 1. The Balaban J connectivity index is 2.58. The second kappa shape index (κ2) is 6.09. The number of aromatic nitrogens is 2. The fraction of sp³-hybridized carbons (Fsp3) is 0.286. The van der Waals surface area contributed by atoms with Crippen LogP contribution in [-0.4, -0.2) is 29.2 Å². The van der Waals surface area contributed by atoms with Crippen LogP contribution in [-0.2, 0) is 6.42 Å². The molecule has 1 aromatic carbocycles. The van der Waals surface area contributed by atoms with Gasteiger partial charge in [0.25, 0.3) is 0 Å². The van der Waals surface area contributed by atoms with E-state index in [0.717, 1.165) is 23.5 Å². The number of anilines is 1. The molecule has 2 aromatic rings. The van der Waals surface area contributed by atoms with Crippen molar-refractivity contribution in [2.45, 2.75) is 13.3 Å². The summed E-state index contributed by atoms with van der Waals surface area (Å²) in [6.07, 6.45) is 0.820. The maximum Gasteiger partial charge on any atom is 0.172 e.